The van der Waals surface area contributed by atoms with Gasteiger partial charge < -0.3 is 10.5 Å². The minimum Gasteiger partial charge on any atom is -0.491 e. The van der Waals surface area contributed by atoms with Crippen LogP contribution in [0.2, 0.25) is 0 Å². The third-order valence-electron chi connectivity index (χ3n) is 3.81. The lowest BCUT2D eigenvalue weighted by molar-refractivity contribution is 0.242. The molecule has 0 aromatic heterocycles. The zero-order valence-corrected chi connectivity index (χ0v) is 13.6. The van der Waals surface area contributed by atoms with Crippen molar-refractivity contribution >= 4 is 0 Å². The standard InChI is InChI=1S/C19H25NO/c1-12(2)21-17-8-6-7-16(11-17)19(20)18-10-14(4)13(3)9-15(18)5/h6-12,19H,20H2,1-5H3. The second kappa shape index (κ2) is 6.31. The molecule has 0 aliphatic rings. The fraction of sp³-hybridized carbons (Fsp3) is 0.368. The molecule has 0 saturated carbocycles. The average molecular weight is 283 g/mol. The molecular formula is C19H25NO. The molecule has 21 heavy (non-hydrogen) atoms. The maximum atomic E-state index is 6.48. The topological polar surface area (TPSA) is 35.2 Å². The molecule has 112 valence electrons. The van der Waals surface area contributed by atoms with Gasteiger partial charge in [-0.25, -0.2) is 0 Å². The Balaban J connectivity index is 2.36. The molecule has 0 aliphatic carbocycles. The zero-order chi connectivity index (χ0) is 15.6. The first kappa shape index (κ1) is 15.6. The maximum Gasteiger partial charge on any atom is 0.120 e. The van der Waals surface area contributed by atoms with Gasteiger partial charge in [0.25, 0.3) is 0 Å². The molecule has 2 nitrogen and oxygen atoms in total. The van der Waals surface area contributed by atoms with E-state index in [0.29, 0.717) is 0 Å². The molecule has 1 unspecified atom stereocenters. The molecule has 0 heterocycles. The van der Waals surface area contributed by atoms with Gasteiger partial charge in [0.15, 0.2) is 0 Å². The van der Waals surface area contributed by atoms with Gasteiger partial charge in [-0.05, 0) is 74.6 Å². The highest BCUT2D eigenvalue weighted by Crippen LogP contribution is 2.27. The number of aryl methyl sites for hydroxylation is 3. The quantitative estimate of drug-likeness (QED) is 0.900. The van der Waals surface area contributed by atoms with Crippen LogP contribution in [0, 0.1) is 20.8 Å². The van der Waals surface area contributed by atoms with E-state index in [1.54, 1.807) is 0 Å². The number of ether oxygens (including phenoxy) is 1. The monoisotopic (exact) mass is 283 g/mol. The lowest BCUT2D eigenvalue weighted by Crippen LogP contribution is -2.14. The predicted molar refractivity (Wildman–Crippen MR) is 88.9 cm³/mol. The summed E-state index contributed by atoms with van der Waals surface area (Å²) >= 11 is 0. The molecule has 2 heteroatoms. The average Bonchev–Trinajstić information content (AvgIpc) is 2.41. The zero-order valence-electron chi connectivity index (χ0n) is 13.6. The SMILES string of the molecule is Cc1cc(C)c(C(N)c2cccc(OC(C)C)c2)cc1C. The Bertz CT molecular complexity index is 631. The molecule has 2 aromatic carbocycles. The van der Waals surface area contributed by atoms with E-state index in [1.165, 1.54) is 22.3 Å². The predicted octanol–water partition coefficient (Wildman–Crippen LogP) is 4.45. The fourth-order valence-electron chi connectivity index (χ4n) is 2.55. The van der Waals surface area contributed by atoms with Crippen molar-refractivity contribution < 1.29 is 4.74 Å². The molecule has 0 radical (unpaired) electrons. The normalized spacial score (nSPS) is 12.5. The molecule has 0 aliphatic heterocycles. The largest absolute Gasteiger partial charge is 0.491 e. The van der Waals surface area contributed by atoms with Crippen molar-refractivity contribution in [2.45, 2.75) is 46.8 Å². The first-order chi connectivity index (χ1) is 9.88. The van der Waals surface area contributed by atoms with E-state index < -0.39 is 0 Å². The van der Waals surface area contributed by atoms with E-state index in [-0.39, 0.29) is 12.1 Å². The summed E-state index contributed by atoms with van der Waals surface area (Å²) in [6.45, 7) is 10.4. The van der Waals surface area contributed by atoms with E-state index in [0.717, 1.165) is 11.3 Å². The fourth-order valence-corrected chi connectivity index (χ4v) is 2.55. The van der Waals surface area contributed by atoms with Crippen LogP contribution in [0.5, 0.6) is 5.75 Å². The van der Waals surface area contributed by atoms with Gasteiger partial charge in [-0.15, -0.1) is 0 Å². The van der Waals surface area contributed by atoms with Gasteiger partial charge in [-0.3, -0.25) is 0 Å². The van der Waals surface area contributed by atoms with Crippen LogP contribution < -0.4 is 10.5 Å². The Morgan fingerprint density at radius 2 is 1.57 bits per heavy atom. The minimum absolute atomic E-state index is 0.125. The van der Waals surface area contributed by atoms with E-state index in [4.69, 9.17) is 10.5 Å². The van der Waals surface area contributed by atoms with Gasteiger partial charge in [0.1, 0.15) is 5.75 Å². The van der Waals surface area contributed by atoms with Gasteiger partial charge in [-0.1, -0.05) is 24.3 Å². The van der Waals surface area contributed by atoms with Crippen molar-refractivity contribution in [2.75, 3.05) is 0 Å². The highest BCUT2D eigenvalue weighted by Gasteiger charge is 2.13. The summed E-state index contributed by atoms with van der Waals surface area (Å²) in [6.07, 6.45) is 0.167. The summed E-state index contributed by atoms with van der Waals surface area (Å²) in [7, 11) is 0. The second-order valence-corrected chi connectivity index (χ2v) is 6.01. The molecule has 0 saturated heterocycles. The molecular weight excluding hydrogens is 258 g/mol. The van der Waals surface area contributed by atoms with Crippen LogP contribution in [-0.4, -0.2) is 6.10 Å². The van der Waals surface area contributed by atoms with E-state index >= 15 is 0 Å². The Labute approximate surface area is 127 Å². The van der Waals surface area contributed by atoms with Crippen molar-refractivity contribution in [1.29, 1.82) is 0 Å². The Morgan fingerprint density at radius 1 is 0.905 bits per heavy atom. The summed E-state index contributed by atoms with van der Waals surface area (Å²) in [5.74, 6) is 0.874. The lowest BCUT2D eigenvalue weighted by atomic mass is 9.92. The van der Waals surface area contributed by atoms with Gasteiger partial charge >= 0.3 is 0 Å². The second-order valence-electron chi connectivity index (χ2n) is 6.01. The number of rotatable bonds is 4. The van der Waals surface area contributed by atoms with Crippen LogP contribution in [-0.2, 0) is 0 Å². The molecule has 0 bridgehead atoms. The van der Waals surface area contributed by atoms with Crippen LogP contribution in [0.3, 0.4) is 0 Å². The maximum absolute atomic E-state index is 6.48. The van der Waals surface area contributed by atoms with Gasteiger partial charge in [0.05, 0.1) is 12.1 Å². The Morgan fingerprint density at radius 3 is 2.24 bits per heavy atom. The van der Waals surface area contributed by atoms with Crippen molar-refractivity contribution in [1.82, 2.24) is 0 Å². The van der Waals surface area contributed by atoms with Crippen LogP contribution in [0.1, 0.15) is 47.7 Å². The van der Waals surface area contributed by atoms with Crippen molar-refractivity contribution in [3.63, 3.8) is 0 Å². The molecule has 0 amide bonds. The molecule has 2 rings (SSSR count). The number of hydrogen-bond acceptors (Lipinski definition) is 2. The first-order valence-electron chi connectivity index (χ1n) is 7.48. The lowest BCUT2D eigenvalue weighted by Gasteiger charge is -2.18. The van der Waals surface area contributed by atoms with Crippen LogP contribution in [0.4, 0.5) is 0 Å². The summed E-state index contributed by atoms with van der Waals surface area (Å²) in [5, 5.41) is 0. The van der Waals surface area contributed by atoms with Crippen molar-refractivity contribution in [3.05, 3.63) is 64.2 Å². The van der Waals surface area contributed by atoms with Gasteiger partial charge in [-0.2, -0.15) is 0 Å². The van der Waals surface area contributed by atoms with Crippen molar-refractivity contribution in [3.8, 4) is 5.75 Å². The van der Waals surface area contributed by atoms with Crippen LogP contribution in [0.15, 0.2) is 36.4 Å². The molecule has 0 spiro atoms. The van der Waals surface area contributed by atoms with E-state index in [2.05, 4.69) is 39.0 Å². The third kappa shape index (κ3) is 3.64. The summed E-state index contributed by atoms with van der Waals surface area (Å²) < 4.78 is 5.76. The number of hydrogen-bond donors (Lipinski definition) is 1. The first-order valence-corrected chi connectivity index (χ1v) is 7.48. The van der Waals surface area contributed by atoms with Crippen molar-refractivity contribution in [2.24, 2.45) is 5.73 Å². The molecule has 0 fully saturated rings. The minimum atomic E-state index is -0.125. The Kier molecular flexibility index (Phi) is 4.69. The molecule has 1 atom stereocenters. The van der Waals surface area contributed by atoms with Crippen LogP contribution >= 0.6 is 0 Å². The molecule has 2 N–H and O–H groups in total. The van der Waals surface area contributed by atoms with E-state index in [9.17, 15) is 0 Å². The van der Waals surface area contributed by atoms with Crippen LogP contribution in [0.25, 0.3) is 0 Å². The number of benzene rings is 2. The Hall–Kier alpha value is -1.80. The molecule has 2 aromatic rings. The summed E-state index contributed by atoms with van der Waals surface area (Å²) in [6, 6.07) is 12.4. The van der Waals surface area contributed by atoms with Gasteiger partial charge in [0, 0.05) is 0 Å². The third-order valence-corrected chi connectivity index (χ3v) is 3.81. The van der Waals surface area contributed by atoms with Gasteiger partial charge in [0.2, 0.25) is 0 Å². The highest BCUT2D eigenvalue weighted by atomic mass is 16.5. The van der Waals surface area contributed by atoms with E-state index in [1.807, 2.05) is 32.0 Å². The number of nitrogens with two attached hydrogens (primary N) is 1. The highest BCUT2D eigenvalue weighted by molar-refractivity contribution is 5.43. The summed E-state index contributed by atoms with van der Waals surface area (Å²) in [5.41, 5.74) is 12.6. The smallest absolute Gasteiger partial charge is 0.120 e. The summed E-state index contributed by atoms with van der Waals surface area (Å²) in [4.78, 5) is 0.